The van der Waals surface area contributed by atoms with Crippen molar-refractivity contribution in [3.8, 4) is 0 Å². The largest absolute Gasteiger partial charge is 0.384 e. The topological polar surface area (TPSA) is 57.2 Å². The number of aliphatic imine (C=N–C) groups is 1. The normalized spacial score (nSPS) is 19.0. The van der Waals surface area contributed by atoms with Crippen molar-refractivity contribution in [3.63, 3.8) is 0 Å². The van der Waals surface area contributed by atoms with Crippen LogP contribution in [-0.2, 0) is 9.53 Å². The van der Waals surface area contributed by atoms with Crippen molar-refractivity contribution in [2.45, 2.75) is 38.6 Å². The van der Waals surface area contributed by atoms with Gasteiger partial charge in [-0.25, -0.2) is 4.99 Å². The summed E-state index contributed by atoms with van der Waals surface area (Å²) in [5.41, 5.74) is 6.03. The van der Waals surface area contributed by atoms with Gasteiger partial charge in [0.05, 0.1) is 12.0 Å². The third-order valence-electron chi connectivity index (χ3n) is 6.79. The molecule has 1 saturated heterocycles. The van der Waals surface area contributed by atoms with Gasteiger partial charge in [-0.05, 0) is 75.9 Å². The summed E-state index contributed by atoms with van der Waals surface area (Å²) in [5, 5.41) is 3.49. The maximum atomic E-state index is 11.5. The summed E-state index contributed by atoms with van der Waals surface area (Å²) < 4.78 is 5.48. The molecule has 1 N–H and O–H groups in total. The second-order valence-electron chi connectivity index (χ2n) is 10.0. The van der Waals surface area contributed by atoms with Crippen LogP contribution < -0.4 is 5.32 Å². The first-order valence-electron chi connectivity index (χ1n) is 12.9. The van der Waals surface area contributed by atoms with Crippen LogP contribution in [0, 0.1) is 12.8 Å². The van der Waals surface area contributed by atoms with Crippen LogP contribution in [0.5, 0.6) is 0 Å². The Morgan fingerprint density at radius 1 is 1.22 bits per heavy atom. The van der Waals surface area contributed by atoms with Crippen molar-refractivity contribution < 1.29 is 9.53 Å². The lowest BCUT2D eigenvalue weighted by Crippen LogP contribution is -2.35. The quantitative estimate of drug-likeness (QED) is 0.199. The highest BCUT2D eigenvalue weighted by Crippen LogP contribution is 2.32. The van der Waals surface area contributed by atoms with E-state index < -0.39 is 0 Å². The number of benzene rings is 1. The van der Waals surface area contributed by atoms with E-state index in [0.29, 0.717) is 17.7 Å². The molecule has 1 aromatic carbocycles. The van der Waals surface area contributed by atoms with Gasteiger partial charge in [0.25, 0.3) is 0 Å². The van der Waals surface area contributed by atoms with E-state index in [-0.39, 0.29) is 0 Å². The minimum absolute atomic E-state index is 0.396. The molecule has 1 fully saturated rings. The smallest absolute Gasteiger partial charge is 0.145 e. The van der Waals surface area contributed by atoms with Gasteiger partial charge < -0.3 is 19.9 Å². The fourth-order valence-corrected chi connectivity index (χ4v) is 4.58. The minimum Gasteiger partial charge on any atom is -0.384 e. The maximum absolute atomic E-state index is 11.5. The summed E-state index contributed by atoms with van der Waals surface area (Å²) in [7, 11) is 6.21. The predicted octanol–water partition coefficient (Wildman–Crippen LogP) is 4.69. The zero-order valence-electron chi connectivity index (χ0n) is 22.4. The lowest BCUT2D eigenvalue weighted by molar-refractivity contribution is -0.104. The van der Waals surface area contributed by atoms with Gasteiger partial charge in [0.15, 0.2) is 0 Å². The molecule has 0 spiro atoms. The van der Waals surface area contributed by atoms with Crippen molar-refractivity contribution in [1.29, 1.82) is 0 Å². The Balaban J connectivity index is 1.70. The summed E-state index contributed by atoms with van der Waals surface area (Å²) in [6.45, 7) is 10.00. The van der Waals surface area contributed by atoms with Gasteiger partial charge in [-0.3, -0.25) is 4.79 Å². The Hall–Kier alpha value is -2.96. The van der Waals surface area contributed by atoms with Crippen molar-refractivity contribution in [2.75, 3.05) is 47.4 Å². The van der Waals surface area contributed by atoms with E-state index in [1.54, 1.807) is 6.08 Å². The highest BCUT2D eigenvalue weighted by Gasteiger charge is 2.18. The van der Waals surface area contributed by atoms with Crippen molar-refractivity contribution in [2.24, 2.45) is 10.9 Å². The second kappa shape index (κ2) is 14.0. The molecule has 0 saturated carbocycles. The zero-order chi connectivity index (χ0) is 25.9. The van der Waals surface area contributed by atoms with E-state index >= 15 is 0 Å². The number of likely N-dealkylation sites (N-methyl/N-ethyl adjacent to an activating group) is 1. The van der Waals surface area contributed by atoms with Crippen molar-refractivity contribution >= 4 is 23.9 Å². The Kier molecular flexibility index (Phi) is 10.7. The van der Waals surface area contributed by atoms with Crippen LogP contribution in [0.25, 0.3) is 11.3 Å². The number of hydrogen-bond donors (Lipinski definition) is 1. The number of aldehydes is 1. The third-order valence-corrected chi connectivity index (χ3v) is 6.79. The first-order valence-corrected chi connectivity index (χ1v) is 12.9. The molecular formula is C30H42N4O2. The van der Waals surface area contributed by atoms with Crippen LogP contribution in [0.2, 0.25) is 0 Å². The zero-order valence-corrected chi connectivity index (χ0v) is 22.4. The van der Waals surface area contributed by atoms with Gasteiger partial charge in [-0.15, -0.1) is 0 Å². The van der Waals surface area contributed by atoms with Gasteiger partial charge in [0, 0.05) is 56.7 Å². The van der Waals surface area contributed by atoms with E-state index in [1.165, 1.54) is 5.70 Å². The summed E-state index contributed by atoms with van der Waals surface area (Å²) >= 11 is 0. The van der Waals surface area contributed by atoms with Gasteiger partial charge in [0.1, 0.15) is 6.29 Å². The second-order valence-corrected chi connectivity index (χ2v) is 10.0. The molecule has 6 heteroatoms. The summed E-state index contributed by atoms with van der Waals surface area (Å²) in [6.07, 6.45) is 14.7. The van der Waals surface area contributed by atoms with Crippen LogP contribution in [0.15, 0.2) is 59.8 Å². The fourth-order valence-electron chi connectivity index (χ4n) is 4.58. The van der Waals surface area contributed by atoms with Crippen LogP contribution in [-0.4, -0.2) is 75.9 Å². The molecular weight excluding hydrogens is 448 g/mol. The highest BCUT2D eigenvalue weighted by atomic mass is 16.5. The van der Waals surface area contributed by atoms with E-state index in [4.69, 9.17) is 9.73 Å². The number of hydrogen-bond acceptors (Lipinski definition) is 5. The molecule has 1 aromatic rings. The number of carbonyl (C=O) groups excluding carboxylic acids is 1. The van der Waals surface area contributed by atoms with Crippen LogP contribution in [0.1, 0.15) is 42.4 Å². The lowest BCUT2D eigenvalue weighted by Gasteiger charge is -2.29. The molecule has 1 heterocycles. The molecule has 0 radical (unpaired) electrons. The van der Waals surface area contributed by atoms with Crippen molar-refractivity contribution in [1.82, 2.24) is 15.1 Å². The van der Waals surface area contributed by atoms with E-state index in [2.05, 4.69) is 79.1 Å². The molecule has 1 aliphatic carbocycles. The molecule has 0 bridgehead atoms. The lowest BCUT2D eigenvalue weighted by atomic mass is 9.87. The fraction of sp³-hybridized carbons (Fsp3) is 0.467. The monoisotopic (exact) mass is 490 g/mol. The number of allylic oxidation sites excluding steroid dienone is 5. The van der Waals surface area contributed by atoms with Crippen LogP contribution >= 0.6 is 0 Å². The van der Waals surface area contributed by atoms with Crippen LogP contribution in [0.3, 0.4) is 0 Å². The molecule has 6 nitrogen and oxygen atoms in total. The Morgan fingerprint density at radius 2 is 2.00 bits per heavy atom. The number of ether oxygens (including phenoxy) is 1. The molecule has 0 amide bonds. The molecule has 0 aromatic heterocycles. The minimum atomic E-state index is 0.396. The average molecular weight is 491 g/mol. The van der Waals surface area contributed by atoms with Crippen molar-refractivity contribution in [3.05, 3.63) is 71.5 Å². The molecule has 1 aliphatic heterocycles. The Morgan fingerprint density at radius 3 is 2.67 bits per heavy atom. The van der Waals surface area contributed by atoms with Gasteiger partial charge >= 0.3 is 0 Å². The summed E-state index contributed by atoms with van der Waals surface area (Å²) in [5.74, 6) is 0.396. The molecule has 194 valence electrons. The number of rotatable bonds is 12. The van der Waals surface area contributed by atoms with Gasteiger partial charge in [0.2, 0.25) is 0 Å². The first kappa shape index (κ1) is 27.6. The van der Waals surface area contributed by atoms with Gasteiger partial charge in [-0.1, -0.05) is 36.4 Å². The number of aryl methyl sites for hydroxylation is 1. The number of nitrogens with zero attached hydrogens (tertiary/aromatic N) is 3. The van der Waals surface area contributed by atoms with Gasteiger partial charge in [-0.2, -0.15) is 0 Å². The standard InChI is InChI=1S/C30H42N4O2/c1-23-6-11-28(24(2)21-25-7-9-26(10-8-25)31-15-16-33(3)4)29(20-23)30(12-17-35)32-22-34(5)27-13-18-36-19-14-27/h6-7,9-12,17,20,22,25,27,31H,2,8,13-16,18-19,21H2,1,3-5H3/b30-12-,32-22?. The van der Waals surface area contributed by atoms with E-state index in [1.807, 2.05) is 13.4 Å². The Bertz CT molecular complexity index is 1020. The molecule has 36 heavy (non-hydrogen) atoms. The molecule has 1 atom stereocenters. The van der Waals surface area contributed by atoms with Crippen LogP contribution in [0.4, 0.5) is 0 Å². The molecule has 3 rings (SSSR count). The maximum Gasteiger partial charge on any atom is 0.145 e. The highest BCUT2D eigenvalue weighted by molar-refractivity contribution is 5.88. The third kappa shape index (κ3) is 8.32. The summed E-state index contributed by atoms with van der Waals surface area (Å²) in [4.78, 5) is 20.6. The Labute approximate surface area is 217 Å². The molecule has 1 unspecified atom stereocenters. The first-order chi connectivity index (χ1) is 17.4. The average Bonchev–Trinajstić information content (AvgIpc) is 2.87. The summed E-state index contributed by atoms with van der Waals surface area (Å²) in [6, 6.07) is 6.72. The van der Waals surface area contributed by atoms with E-state index in [9.17, 15) is 4.79 Å². The van der Waals surface area contributed by atoms with E-state index in [0.717, 1.165) is 80.5 Å². The number of carbonyl (C=O) groups is 1. The number of nitrogens with one attached hydrogen (secondary N) is 1. The predicted molar refractivity (Wildman–Crippen MR) is 151 cm³/mol. The molecule has 2 aliphatic rings. The SMILES string of the molecule is C=C(CC1C=CC(NCCN(C)C)=CC1)c1ccc(C)cc1/C(=C/C=O)N=CN(C)C1CCOCC1.